The fraction of sp³-hybridized carbons (Fsp3) is 0.679. The van der Waals surface area contributed by atoms with Crippen molar-refractivity contribution >= 4 is 5.97 Å². The molecule has 1 saturated carbocycles. The van der Waals surface area contributed by atoms with Crippen LogP contribution in [0.4, 0.5) is 0 Å². The number of aryl methyl sites for hydroxylation is 1. The number of hydrogen-bond acceptors (Lipinski definition) is 5. The number of carbonyl (C=O) groups is 1. The van der Waals surface area contributed by atoms with Crippen molar-refractivity contribution in [2.45, 2.75) is 109 Å². The van der Waals surface area contributed by atoms with Crippen molar-refractivity contribution in [1.82, 2.24) is 0 Å². The molecule has 0 aliphatic heterocycles. The smallest absolute Gasteiger partial charge is 0.306 e. The van der Waals surface area contributed by atoms with Gasteiger partial charge in [-0.1, -0.05) is 48.9 Å². The lowest BCUT2D eigenvalue weighted by Gasteiger charge is -2.23. The standard InChI is InChI=1S/C28H44O5/c1-21(2)33-28(32)17-9-4-3-8-16-24-25(27(31)20-26(24)30)19-18-23(29)15-11-10-14-22-12-6-5-7-13-22/h3,5-8,12-13,21,23-27,29-31H,4,9-11,14-20H2,1-2H3/t23?,24-,25-,26?,27?/m1/s1. The number of hydrogen-bond donors (Lipinski definition) is 3. The fourth-order valence-corrected chi connectivity index (χ4v) is 4.85. The third kappa shape index (κ3) is 10.9. The third-order valence-corrected chi connectivity index (χ3v) is 6.64. The molecule has 1 aliphatic rings. The van der Waals surface area contributed by atoms with Gasteiger partial charge in [0, 0.05) is 6.42 Å². The lowest BCUT2D eigenvalue weighted by molar-refractivity contribution is -0.147. The van der Waals surface area contributed by atoms with Crippen LogP contribution in [-0.2, 0) is 16.0 Å². The van der Waals surface area contributed by atoms with Crippen LogP contribution in [0, 0.1) is 11.8 Å². The summed E-state index contributed by atoms with van der Waals surface area (Å²) in [5.74, 6) is -0.122. The molecule has 0 aromatic heterocycles. The average Bonchev–Trinajstić information content (AvgIpc) is 3.04. The molecule has 3 N–H and O–H groups in total. The molecular formula is C28H44O5. The Morgan fingerprint density at radius 2 is 1.76 bits per heavy atom. The van der Waals surface area contributed by atoms with E-state index in [0.29, 0.717) is 25.7 Å². The van der Waals surface area contributed by atoms with Gasteiger partial charge in [-0.05, 0) is 89.0 Å². The molecule has 1 aromatic rings. The van der Waals surface area contributed by atoms with Crippen LogP contribution in [0.1, 0.15) is 83.6 Å². The van der Waals surface area contributed by atoms with E-state index in [-0.39, 0.29) is 30.0 Å². The first-order valence-corrected chi connectivity index (χ1v) is 12.8. The molecule has 0 radical (unpaired) electrons. The number of aliphatic hydroxyl groups is 3. The largest absolute Gasteiger partial charge is 0.463 e. The van der Waals surface area contributed by atoms with Crippen molar-refractivity contribution in [2.24, 2.45) is 11.8 Å². The van der Waals surface area contributed by atoms with Crippen LogP contribution in [0.3, 0.4) is 0 Å². The molecule has 33 heavy (non-hydrogen) atoms. The number of rotatable bonds is 15. The molecule has 0 spiro atoms. The van der Waals surface area contributed by atoms with Gasteiger partial charge in [0.05, 0.1) is 24.4 Å². The van der Waals surface area contributed by atoms with E-state index >= 15 is 0 Å². The van der Waals surface area contributed by atoms with E-state index in [9.17, 15) is 20.1 Å². The van der Waals surface area contributed by atoms with Crippen LogP contribution in [0.2, 0.25) is 0 Å². The van der Waals surface area contributed by atoms with Crippen molar-refractivity contribution in [1.29, 1.82) is 0 Å². The molecule has 0 amide bonds. The van der Waals surface area contributed by atoms with Gasteiger partial charge >= 0.3 is 5.97 Å². The lowest BCUT2D eigenvalue weighted by Crippen LogP contribution is -2.23. The monoisotopic (exact) mass is 460 g/mol. The predicted octanol–water partition coefficient (Wildman–Crippen LogP) is 4.97. The van der Waals surface area contributed by atoms with Gasteiger partial charge in [0.2, 0.25) is 0 Å². The summed E-state index contributed by atoms with van der Waals surface area (Å²) >= 11 is 0. The highest BCUT2D eigenvalue weighted by Gasteiger charge is 2.40. The van der Waals surface area contributed by atoms with E-state index in [0.717, 1.165) is 44.9 Å². The normalized spacial score (nSPS) is 23.9. The van der Waals surface area contributed by atoms with Gasteiger partial charge in [0.25, 0.3) is 0 Å². The van der Waals surface area contributed by atoms with Crippen LogP contribution >= 0.6 is 0 Å². The summed E-state index contributed by atoms with van der Waals surface area (Å²) in [4.78, 5) is 11.6. The highest BCUT2D eigenvalue weighted by atomic mass is 16.5. The lowest BCUT2D eigenvalue weighted by atomic mass is 9.85. The summed E-state index contributed by atoms with van der Waals surface area (Å²) in [7, 11) is 0. The quantitative estimate of drug-likeness (QED) is 0.195. The maximum absolute atomic E-state index is 11.6. The summed E-state index contributed by atoms with van der Waals surface area (Å²) in [6.45, 7) is 3.70. The molecule has 1 aliphatic carbocycles. The van der Waals surface area contributed by atoms with E-state index in [1.54, 1.807) is 0 Å². The summed E-state index contributed by atoms with van der Waals surface area (Å²) in [6.07, 6.45) is 11.0. The Morgan fingerprint density at radius 3 is 2.48 bits per heavy atom. The molecule has 1 fully saturated rings. The van der Waals surface area contributed by atoms with E-state index < -0.39 is 12.2 Å². The number of unbranched alkanes of at least 4 members (excludes halogenated alkanes) is 2. The van der Waals surface area contributed by atoms with Crippen molar-refractivity contribution in [3.8, 4) is 0 Å². The molecule has 0 heterocycles. The summed E-state index contributed by atoms with van der Waals surface area (Å²) in [6, 6.07) is 10.4. The van der Waals surface area contributed by atoms with Gasteiger partial charge in [-0.25, -0.2) is 0 Å². The Labute approximate surface area is 199 Å². The minimum absolute atomic E-state index is 0.0182. The maximum atomic E-state index is 11.6. The number of allylic oxidation sites excluding steroid dienone is 2. The van der Waals surface area contributed by atoms with Crippen LogP contribution in [0.15, 0.2) is 42.5 Å². The second-order valence-electron chi connectivity index (χ2n) is 9.80. The SMILES string of the molecule is CC(C)OC(=O)CCCC=CC[C@H]1C(O)CC(O)[C@@H]1CCC(O)CCCCc1ccccc1. The molecule has 0 bridgehead atoms. The molecule has 5 atom stereocenters. The fourth-order valence-electron chi connectivity index (χ4n) is 4.85. The number of carbonyl (C=O) groups excluding carboxylic acids is 1. The average molecular weight is 461 g/mol. The Morgan fingerprint density at radius 1 is 1.03 bits per heavy atom. The van der Waals surface area contributed by atoms with E-state index in [1.807, 2.05) is 19.9 Å². The molecule has 3 unspecified atom stereocenters. The summed E-state index contributed by atoms with van der Waals surface area (Å²) in [5.41, 5.74) is 1.33. The van der Waals surface area contributed by atoms with E-state index in [1.165, 1.54) is 5.56 Å². The summed E-state index contributed by atoms with van der Waals surface area (Å²) < 4.78 is 5.13. The van der Waals surface area contributed by atoms with Crippen molar-refractivity contribution in [3.05, 3.63) is 48.0 Å². The first kappa shape index (κ1) is 27.6. The van der Waals surface area contributed by atoms with Crippen molar-refractivity contribution in [3.63, 3.8) is 0 Å². The molecule has 5 heteroatoms. The minimum atomic E-state index is -0.505. The highest BCUT2D eigenvalue weighted by Crippen LogP contribution is 2.38. The first-order valence-electron chi connectivity index (χ1n) is 12.8. The highest BCUT2D eigenvalue weighted by molar-refractivity contribution is 5.69. The second kappa shape index (κ2) is 15.3. The molecule has 2 rings (SSSR count). The van der Waals surface area contributed by atoms with Crippen LogP contribution in [-0.4, -0.2) is 45.7 Å². The van der Waals surface area contributed by atoms with Gasteiger partial charge in [-0.2, -0.15) is 0 Å². The number of aliphatic hydroxyl groups excluding tert-OH is 3. The topological polar surface area (TPSA) is 87.0 Å². The molecule has 5 nitrogen and oxygen atoms in total. The van der Waals surface area contributed by atoms with Gasteiger partial charge in [0.15, 0.2) is 0 Å². The minimum Gasteiger partial charge on any atom is -0.463 e. The van der Waals surface area contributed by atoms with Crippen molar-refractivity contribution in [2.75, 3.05) is 0 Å². The third-order valence-electron chi connectivity index (χ3n) is 6.64. The van der Waals surface area contributed by atoms with E-state index in [4.69, 9.17) is 4.74 Å². The molecular weight excluding hydrogens is 416 g/mol. The second-order valence-corrected chi connectivity index (χ2v) is 9.80. The van der Waals surface area contributed by atoms with Gasteiger partial charge in [-0.3, -0.25) is 4.79 Å². The zero-order valence-electron chi connectivity index (χ0n) is 20.4. The predicted molar refractivity (Wildman–Crippen MR) is 132 cm³/mol. The first-order chi connectivity index (χ1) is 15.9. The number of esters is 1. The maximum Gasteiger partial charge on any atom is 0.306 e. The number of benzene rings is 1. The Kier molecular flexibility index (Phi) is 12.7. The van der Waals surface area contributed by atoms with Crippen molar-refractivity contribution < 1.29 is 24.9 Å². The van der Waals surface area contributed by atoms with Gasteiger partial charge in [0.1, 0.15) is 0 Å². The molecule has 186 valence electrons. The zero-order chi connectivity index (χ0) is 24.1. The Hall–Kier alpha value is -1.69. The van der Waals surface area contributed by atoms with Crippen LogP contribution < -0.4 is 0 Å². The Bertz CT molecular complexity index is 687. The number of ether oxygens (including phenoxy) is 1. The Balaban J connectivity index is 1.65. The van der Waals surface area contributed by atoms with Crippen LogP contribution in [0.25, 0.3) is 0 Å². The molecule has 0 saturated heterocycles. The van der Waals surface area contributed by atoms with Gasteiger partial charge < -0.3 is 20.1 Å². The summed E-state index contributed by atoms with van der Waals surface area (Å²) in [5, 5.41) is 31.3. The van der Waals surface area contributed by atoms with E-state index in [2.05, 4.69) is 36.4 Å². The van der Waals surface area contributed by atoms with Crippen LogP contribution in [0.5, 0.6) is 0 Å². The molecule has 1 aromatic carbocycles. The zero-order valence-corrected chi connectivity index (χ0v) is 20.4. The van der Waals surface area contributed by atoms with Gasteiger partial charge in [-0.15, -0.1) is 0 Å².